The van der Waals surface area contributed by atoms with Crippen LogP contribution in [0.2, 0.25) is 0 Å². The van der Waals surface area contributed by atoms with Crippen LogP contribution >= 0.6 is 0 Å². The number of nitrogens with one attached hydrogen (secondary N) is 1. The highest BCUT2D eigenvalue weighted by atomic mass is 16.5. The monoisotopic (exact) mass is 247 g/mol. The smallest absolute Gasteiger partial charge is 0.326 e. The summed E-state index contributed by atoms with van der Waals surface area (Å²) in [5, 5.41) is 3.42. The van der Waals surface area contributed by atoms with Gasteiger partial charge in [-0.3, -0.25) is 10.1 Å². The number of hydrogen-bond donors (Lipinski definition) is 1. The van der Waals surface area contributed by atoms with E-state index in [4.69, 9.17) is 4.74 Å². The van der Waals surface area contributed by atoms with Crippen molar-refractivity contribution in [2.75, 3.05) is 7.11 Å². The van der Waals surface area contributed by atoms with Gasteiger partial charge in [0.2, 0.25) is 0 Å². The van der Waals surface area contributed by atoms with E-state index in [2.05, 4.69) is 24.4 Å². The molecule has 0 radical (unpaired) electrons. The molecule has 1 N–H and O–H groups in total. The molecule has 0 spiro atoms. The van der Waals surface area contributed by atoms with Crippen LogP contribution in [0.25, 0.3) is 0 Å². The molecule has 98 valence electrons. The Kier molecular flexibility index (Phi) is 4.02. The number of esters is 1. The number of carbonyl (C=O) groups excluding carboxylic acids is 1. The molecule has 0 aliphatic heterocycles. The van der Waals surface area contributed by atoms with Gasteiger partial charge in [-0.05, 0) is 30.7 Å². The molecule has 3 nitrogen and oxygen atoms in total. The van der Waals surface area contributed by atoms with Crippen molar-refractivity contribution in [2.24, 2.45) is 5.92 Å². The van der Waals surface area contributed by atoms with Gasteiger partial charge >= 0.3 is 5.97 Å². The third-order valence-corrected chi connectivity index (χ3v) is 3.81. The Labute approximate surface area is 109 Å². The molecule has 1 aliphatic rings. The highest BCUT2D eigenvalue weighted by Crippen LogP contribution is 2.35. The summed E-state index contributed by atoms with van der Waals surface area (Å²) in [6, 6.07) is 10.2. The van der Waals surface area contributed by atoms with Crippen LogP contribution < -0.4 is 5.32 Å². The fraction of sp³-hybridized carbons (Fsp3) is 0.533. The summed E-state index contributed by atoms with van der Waals surface area (Å²) in [6.45, 7) is 2.90. The molecule has 1 fully saturated rings. The lowest BCUT2D eigenvalue weighted by atomic mass is 9.95. The molecule has 2 atom stereocenters. The van der Waals surface area contributed by atoms with Crippen LogP contribution in [0.5, 0.6) is 0 Å². The number of hydrogen-bond acceptors (Lipinski definition) is 3. The van der Waals surface area contributed by atoms with Crippen LogP contribution in [0.1, 0.15) is 31.7 Å². The first-order chi connectivity index (χ1) is 8.66. The molecule has 1 aromatic rings. The molecule has 2 rings (SSSR count). The summed E-state index contributed by atoms with van der Waals surface area (Å²) in [5.74, 6) is 0.454. The lowest BCUT2D eigenvalue weighted by molar-refractivity contribution is -0.148. The zero-order chi connectivity index (χ0) is 13.0. The van der Waals surface area contributed by atoms with Gasteiger partial charge in [0.1, 0.15) is 5.54 Å². The van der Waals surface area contributed by atoms with Crippen molar-refractivity contribution in [3.8, 4) is 0 Å². The van der Waals surface area contributed by atoms with Crippen molar-refractivity contribution in [3.05, 3.63) is 35.9 Å². The van der Waals surface area contributed by atoms with E-state index >= 15 is 0 Å². The SMILES string of the molecule is COC(=O)C1(NCc2ccccc2)CCC(C)C1. The van der Waals surface area contributed by atoms with Crippen LogP contribution in [0.15, 0.2) is 30.3 Å². The fourth-order valence-electron chi connectivity index (χ4n) is 2.77. The van der Waals surface area contributed by atoms with E-state index < -0.39 is 5.54 Å². The van der Waals surface area contributed by atoms with Crippen molar-refractivity contribution >= 4 is 5.97 Å². The zero-order valence-electron chi connectivity index (χ0n) is 11.1. The second kappa shape index (κ2) is 5.53. The quantitative estimate of drug-likeness (QED) is 0.831. The molecule has 0 saturated heterocycles. The summed E-state index contributed by atoms with van der Waals surface area (Å²) < 4.78 is 4.97. The number of ether oxygens (including phenoxy) is 1. The van der Waals surface area contributed by atoms with Crippen LogP contribution in [0.3, 0.4) is 0 Å². The highest BCUT2D eigenvalue weighted by Gasteiger charge is 2.44. The number of rotatable bonds is 4. The maximum absolute atomic E-state index is 12.0. The normalized spacial score (nSPS) is 27.1. The highest BCUT2D eigenvalue weighted by molar-refractivity contribution is 5.81. The predicted molar refractivity (Wildman–Crippen MR) is 71.0 cm³/mol. The minimum absolute atomic E-state index is 0.122. The van der Waals surface area contributed by atoms with E-state index in [1.54, 1.807) is 0 Å². The van der Waals surface area contributed by atoms with Gasteiger partial charge in [0.05, 0.1) is 7.11 Å². The van der Waals surface area contributed by atoms with Crippen molar-refractivity contribution in [1.82, 2.24) is 5.32 Å². The lowest BCUT2D eigenvalue weighted by Crippen LogP contribution is -2.50. The van der Waals surface area contributed by atoms with Crippen LogP contribution in [0, 0.1) is 5.92 Å². The minimum atomic E-state index is -0.482. The van der Waals surface area contributed by atoms with Crippen molar-refractivity contribution < 1.29 is 9.53 Å². The summed E-state index contributed by atoms with van der Waals surface area (Å²) >= 11 is 0. The van der Waals surface area contributed by atoms with E-state index in [1.165, 1.54) is 12.7 Å². The predicted octanol–water partition coefficient (Wildman–Crippen LogP) is 2.51. The number of carbonyl (C=O) groups is 1. The molecule has 1 saturated carbocycles. The summed E-state index contributed by atoms with van der Waals surface area (Å²) in [7, 11) is 1.47. The second-order valence-electron chi connectivity index (χ2n) is 5.26. The number of benzene rings is 1. The van der Waals surface area contributed by atoms with Gasteiger partial charge in [0.25, 0.3) is 0 Å². The minimum Gasteiger partial charge on any atom is -0.468 e. The van der Waals surface area contributed by atoms with Gasteiger partial charge in [-0.1, -0.05) is 37.3 Å². The van der Waals surface area contributed by atoms with Crippen LogP contribution in [-0.4, -0.2) is 18.6 Å². The molecule has 1 aliphatic carbocycles. The molecule has 2 unspecified atom stereocenters. The third kappa shape index (κ3) is 2.72. The molecule has 0 heterocycles. The molecule has 1 aromatic carbocycles. The van der Waals surface area contributed by atoms with Gasteiger partial charge in [-0.25, -0.2) is 0 Å². The van der Waals surface area contributed by atoms with Gasteiger partial charge in [0, 0.05) is 6.54 Å². The van der Waals surface area contributed by atoms with Gasteiger partial charge in [-0.2, -0.15) is 0 Å². The first-order valence-corrected chi connectivity index (χ1v) is 6.54. The first kappa shape index (κ1) is 13.1. The largest absolute Gasteiger partial charge is 0.468 e. The zero-order valence-corrected chi connectivity index (χ0v) is 11.1. The standard InChI is InChI=1S/C15H21NO2/c1-12-8-9-15(10-12,14(17)18-2)16-11-13-6-4-3-5-7-13/h3-7,12,16H,8-11H2,1-2H3. The van der Waals surface area contributed by atoms with Crippen molar-refractivity contribution in [1.29, 1.82) is 0 Å². The molecule has 18 heavy (non-hydrogen) atoms. The lowest BCUT2D eigenvalue weighted by Gasteiger charge is -2.27. The fourth-order valence-corrected chi connectivity index (χ4v) is 2.77. The van der Waals surface area contributed by atoms with E-state index in [9.17, 15) is 4.79 Å². The van der Waals surface area contributed by atoms with Crippen LogP contribution in [0.4, 0.5) is 0 Å². The topological polar surface area (TPSA) is 38.3 Å². The molecule has 0 amide bonds. The summed E-state index contributed by atoms with van der Waals surface area (Å²) in [5.41, 5.74) is 0.713. The van der Waals surface area contributed by atoms with Gasteiger partial charge in [0.15, 0.2) is 0 Å². The Morgan fingerprint density at radius 1 is 1.44 bits per heavy atom. The first-order valence-electron chi connectivity index (χ1n) is 6.54. The van der Waals surface area contributed by atoms with E-state index in [1.807, 2.05) is 18.2 Å². The Morgan fingerprint density at radius 3 is 2.72 bits per heavy atom. The molecule has 0 bridgehead atoms. The Balaban J connectivity index is 2.05. The molecule has 0 aromatic heterocycles. The second-order valence-corrected chi connectivity index (χ2v) is 5.26. The average molecular weight is 247 g/mol. The summed E-state index contributed by atoms with van der Waals surface area (Å²) in [6.07, 6.45) is 2.82. The van der Waals surface area contributed by atoms with E-state index in [0.29, 0.717) is 12.5 Å². The Morgan fingerprint density at radius 2 is 2.17 bits per heavy atom. The maximum Gasteiger partial charge on any atom is 0.326 e. The van der Waals surface area contributed by atoms with Crippen LogP contribution in [-0.2, 0) is 16.1 Å². The van der Waals surface area contributed by atoms with E-state index in [0.717, 1.165) is 19.3 Å². The maximum atomic E-state index is 12.0. The molecular weight excluding hydrogens is 226 g/mol. The van der Waals surface area contributed by atoms with Gasteiger partial charge < -0.3 is 4.74 Å². The molecular formula is C15H21NO2. The Hall–Kier alpha value is -1.35. The average Bonchev–Trinajstić information content (AvgIpc) is 2.80. The van der Waals surface area contributed by atoms with Crippen molar-refractivity contribution in [3.63, 3.8) is 0 Å². The van der Waals surface area contributed by atoms with E-state index in [-0.39, 0.29) is 5.97 Å². The van der Waals surface area contributed by atoms with Gasteiger partial charge in [-0.15, -0.1) is 0 Å². The summed E-state index contributed by atoms with van der Waals surface area (Å²) in [4.78, 5) is 12.0. The number of methoxy groups -OCH3 is 1. The van der Waals surface area contributed by atoms with Crippen molar-refractivity contribution in [2.45, 2.75) is 38.3 Å². The Bertz CT molecular complexity index is 404. The molecule has 3 heteroatoms. The third-order valence-electron chi connectivity index (χ3n) is 3.81.